The molecule has 3 aromatic rings. The fourth-order valence-electron chi connectivity index (χ4n) is 3.62. The molecule has 7 nitrogen and oxygen atoms in total. The lowest BCUT2D eigenvalue weighted by atomic mass is 10.00. The van der Waals surface area contributed by atoms with Crippen LogP contribution in [0.5, 0.6) is 5.75 Å². The molecule has 1 amide bonds. The Morgan fingerprint density at radius 2 is 1.85 bits per heavy atom. The van der Waals surface area contributed by atoms with Gasteiger partial charge in [-0.2, -0.15) is 11.8 Å². The summed E-state index contributed by atoms with van der Waals surface area (Å²) in [4.78, 5) is 36.5. The topological polar surface area (TPSA) is 109 Å². The Labute approximate surface area is 196 Å². The zero-order valence-corrected chi connectivity index (χ0v) is 19.6. The van der Waals surface area contributed by atoms with Crippen LogP contribution in [-0.2, 0) is 21.8 Å². The van der Waals surface area contributed by atoms with Crippen molar-refractivity contribution in [3.63, 3.8) is 0 Å². The van der Waals surface area contributed by atoms with E-state index in [1.807, 2.05) is 50.2 Å². The summed E-state index contributed by atoms with van der Waals surface area (Å²) in [5, 5.41) is 14.7. The number of carboxylic acids is 1. The first kappa shape index (κ1) is 24.4. The molecule has 3 rings (SSSR count). The number of aliphatic carboxylic acids is 1. The number of carbonyl (C=O) groups excluding carboxylic acids is 2. The summed E-state index contributed by atoms with van der Waals surface area (Å²) >= 11 is 1.40. The number of carboxylic acid groups (broad SMARTS) is 1. The fraction of sp³-hybridized carbons (Fsp3) is 0.320. The van der Waals surface area contributed by atoms with E-state index in [-0.39, 0.29) is 18.6 Å². The molecule has 33 heavy (non-hydrogen) atoms. The molecule has 0 aliphatic rings. The van der Waals surface area contributed by atoms with Gasteiger partial charge in [0.2, 0.25) is 5.91 Å². The third-order valence-corrected chi connectivity index (χ3v) is 6.60. The zero-order chi connectivity index (χ0) is 24.0. The van der Waals surface area contributed by atoms with Gasteiger partial charge in [-0.05, 0) is 43.5 Å². The van der Waals surface area contributed by atoms with Gasteiger partial charge in [0.15, 0.2) is 0 Å². The van der Waals surface area contributed by atoms with Gasteiger partial charge in [0, 0.05) is 34.4 Å². The summed E-state index contributed by atoms with van der Waals surface area (Å²) in [5.41, 5.74) is 2.86. The van der Waals surface area contributed by atoms with Crippen molar-refractivity contribution >= 4 is 34.6 Å². The number of rotatable bonds is 10. The standard InChI is InChI=1S/C25H27NO6S/c1-15-18-9-11-21(31-3)16(2)23(18)32-25(30)19(15)10-12-22(27)26-20(24(28)29)14-33-13-17-7-5-4-6-8-17/h4-9,11,20H,10,12-14H2,1-3H3,(H,26,27)(H,28,29)/p-1/t20-/m0/s1. The Hall–Kier alpha value is -3.26. The predicted octanol–water partition coefficient (Wildman–Crippen LogP) is 2.52. The van der Waals surface area contributed by atoms with Crippen LogP contribution in [0.15, 0.2) is 51.7 Å². The molecule has 1 atom stereocenters. The molecule has 2 aromatic carbocycles. The van der Waals surface area contributed by atoms with Crippen molar-refractivity contribution in [3.8, 4) is 5.75 Å². The van der Waals surface area contributed by atoms with Crippen LogP contribution in [0.3, 0.4) is 0 Å². The Morgan fingerprint density at radius 3 is 2.52 bits per heavy atom. The van der Waals surface area contributed by atoms with Crippen LogP contribution in [0.2, 0.25) is 0 Å². The molecule has 0 spiro atoms. The molecule has 0 fully saturated rings. The maximum Gasteiger partial charge on any atom is 0.339 e. The van der Waals surface area contributed by atoms with Gasteiger partial charge in [0.05, 0.1) is 19.1 Å². The second kappa shape index (κ2) is 11.0. The number of fused-ring (bicyclic) bond motifs is 1. The second-order valence-electron chi connectivity index (χ2n) is 7.70. The Morgan fingerprint density at radius 1 is 1.12 bits per heavy atom. The highest BCUT2D eigenvalue weighted by Crippen LogP contribution is 2.29. The summed E-state index contributed by atoms with van der Waals surface area (Å²) in [7, 11) is 1.55. The summed E-state index contributed by atoms with van der Waals surface area (Å²) in [6.45, 7) is 3.62. The average Bonchev–Trinajstić information content (AvgIpc) is 2.79. The highest BCUT2D eigenvalue weighted by atomic mass is 32.2. The number of ether oxygens (including phenoxy) is 1. The number of methoxy groups -OCH3 is 1. The van der Waals surface area contributed by atoms with E-state index < -0.39 is 23.5 Å². The zero-order valence-electron chi connectivity index (χ0n) is 18.8. The molecule has 8 heteroatoms. The van der Waals surface area contributed by atoms with Gasteiger partial charge in [0.25, 0.3) is 0 Å². The van der Waals surface area contributed by atoms with E-state index in [1.54, 1.807) is 13.2 Å². The molecular formula is C25H26NO6S-. The number of amides is 1. The van der Waals surface area contributed by atoms with E-state index in [4.69, 9.17) is 9.15 Å². The first-order chi connectivity index (χ1) is 15.8. The molecule has 0 saturated carbocycles. The highest BCUT2D eigenvalue weighted by molar-refractivity contribution is 7.98. The van der Waals surface area contributed by atoms with Crippen molar-refractivity contribution in [2.45, 2.75) is 38.5 Å². The minimum absolute atomic E-state index is 0.0423. The van der Waals surface area contributed by atoms with Crippen molar-refractivity contribution in [1.82, 2.24) is 5.32 Å². The summed E-state index contributed by atoms with van der Waals surface area (Å²) in [5.74, 6) is -0.372. The number of hydrogen-bond acceptors (Lipinski definition) is 7. The first-order valence-corrected chi connectivity index (χ1v) is 11.7. The molecule has 174 valence electrons. The van der Waals surface area contributed by atoms with E-state index >= 15 is 0 Å². The minimum Gasteiger partial charge on any atom is -0.548 e. The lowest BCUT2D eigenvalue weighted by Gasteiger charge is -2.19. The van der Waals surface area contributed by atoms with Crippen LogP contribution in [0.4, 0.5) is 0 Å². The van der Waals surface area contributed by atoms with Crippen LogP contribution in [0.25, 0.3) is 11.0 Å². The van der Waals surface area contributed by atoms with E-state index in [1.165, 1.54) is 11.8 Å². The molecule has 0 radical (unpaired) electrons. The van der Waals surface area contributed by atoms with Gasteiger partial charge < -0.3 is 24.4 Å². The normalized spacial score (nSPS) is 11.8. The smallest absolute Gasteiger partial charge is 0.339 e. The number of carbonyl (C=O) groups is 2. The average molecular weight is 469 g/mol. The first-order valence-electron chi connectivity index (χ1n) is 10.5. The lowest BCUT2D eigenvalue weighted by molar-refractivity contribution is -0.307. The number of aryl methyl sites for hydroxylation is 2. The Balaban J connectivity index is 1.64. The van der Waals surface area contributed by atoms with Crippen molar-refractivity contribution in [2.24, 2.45) is 0 Å². The molecular weight excluding hydrogens is 442 g/mol. The molecule has 0 aliphatic carbocycles. The van der Waals surface area contributed by atoms with E-state index in [9.17, 15) is 19.5 Å². The third kappa shape index (κ3) is 5.96. The van der Waals surface area contributed by atoms with Crippen LogP contribution in [0, 0.1) is 13.8 Å². The summed E-state index contributed by atoms with van der Waals surface area (Å²) in [6, 6.07) is 12.2. The van der Waals surface area contributed by atoms with Crippen LogP contribution >= 0.6 is 11.8 Å². The molecule has 1 heterocycles. The van der Waals surface area contributed by atoms with Gasteiger partial charge in [-0.25, -0.2) is 4.79 Å². The van der Waals surface area contributed by atoms with Crippen molar-refractivity contribution in [1.29, 1.82) is 0 Å². The molecule has 0 unspecified atom stereocenters. The third-order valence-electron chi connectivity index (χ3n) is 5.49. The van der Waals surface area contributed by atoms with Crippen LogP contribution < -0.4 is 20.8 Å². The molecule has 1 aromatic heterocycles. The molecule has 0 bridgehead atoms. The van der Waals surface area contributed by atoms with Crippen molar-refractivity contribution < 1.29 is 23.8 Å². The summed E-state index contributed by atoms with van der Waals surface area (Å²) in [6.07, 6.45) is 0.0946. The predicted molar refractivity (Wildman–Crippen MR) is 126 cm³/mol. The maximum atomic E-state index is 12.6. The molecule has 1 N–H and O–H groups in total. The van der Waals surface area contributed by atoms with E-state index in [2.05, 4.69) is 5.32 Å². The van der Waals surface area contributed by atoms with Crippen molar-refractivity contribution in [2.75, 3.05) is 12.9 Å². The van der Waals surface area contributed by atoms with Gasteiger partial charge in [-0.3, -0.25) is 4.79 Å². The maximum absolute atomic E-state index is 12.6. The Kier molecular flexibility index (Phi) is 8.16. The monoisotopic (exact) mass is 468 g/mol. The lowest BCUT2D eigenvalue weighted by Crippen LogP contribution is -2.49. The largest absolute Gasteiger partial charge is 0.548 e. The minimum atomic E-state index is -1.34. The van der Waals surface area contributed by atoms with E-state index in [0.29, 0.717) is 22.6 Å². The van der Waals surface area contributed by atoms with Gasteiger partial charge >= 0.3 is 5.63 Å². The van der Waals surface area contributed by atoms with Gasteiger partial charge in [-0.15, -0.1) is 0 Å². The Bertz CT molecular complexity index is 1200. The highest BCUT2D eigenvalue weighted by Gasteiger charge is 2.18. The number of thioether (sulfide) groups is 1. The van der Waals surface area contributed by atoms with Gasteiger partial charge in [0.1, 0.15) is 11.3 Å². The number of benzene rings is 2. The SMILES string of the molecule is COc1ccc2c(C)c(CCC(=O)N[C@@H](CSCc3ccccc3)C(=O)[O-])c(=O)oc2c1C. The molecule has 0 aliphatic heterocycles. The van der Waals surface area contributed by atoms with Crippen LogP contribution in [0.1, 0.15) is 28.7 Å². The van der Waals surface area contributed by atoms with Crippen LogP contribution in [-0.4, -0.2) is 30.8 Å². The van der Waals surface area contributed by atoms with E-state index in [0.717, 1.165) is 22.1 Å². The summed E-state index contributed by atoms with van der Waals surface area (Å²) < 4.78 is 10.8. The number of hydrogen-bond donors (Lipinski definition) is 1. The quantitative estimate of drug-likeness (QED) is 0.456. The number of nitrogens with one attached hydrogen (secondary N) is 1. The fourth-order valence-corrected chi connectivity index (χ4v) is 4.62. The molecule has 0 saturated heterocycles. The second-order valence-corrected chi connectivity index (χ2v) is 8.73. The van der Waals surface area contributed by atoms with Crippen molar-refractivity contribution in [3.05, 3.63) is 75.1 Å². The van der Waals surface area contributed by atoms with Gasteiger partial charge in [-0.1, -0.05) is 30.3 Å².